The van der Waals surface area contributed by atoms with E-state index in [-0.39, 0.29) is 43.3 Å². The quantitative estimate of drug-likeness (QED) is 0.245. The summed E-state index contributed by atoms with van der Waals surface area (Å²) >= 11 is 0. The molecule has 0 aromatic heterocycles. The number of anilines is 2. The van der Waals surface area contributed by atoms with Crippen molar-refractivity contribution in [2.75, 3.05) is 23.4 Å². The third kappa shape index (κ3) is 5.39. The van der Waals surface area contributed by atoms with Gasteiger partial charge in [-0.2, -0.15) is 0 Å². The molecule has 1 fully saturated rings. The number of benzene rings is 3. The summed E-state index contributed by atoms with van der Waals surface area (Å²) in [6, 6.07) is 21.8. The van der Waals surface area contributed by atoms with Crippen LogP contribution in [0.25, 0.3) is 0 Å². The molecule has 1 spiro atoms. The van der Waals surface area contributed by atoms with E-state index >= 15 is 0 Å². The molecule has 3 heterocycles. The van der Waals surface area contributed by atoms with E-state index in [2.05, 4.69) is 11.9 Å². The summed E-state index contributed by atoms with van der Waals surface area (Å²) in [7, 11) is -3.02. The fourth-order valence-electron chi connectivity index (χ4n) is 7.79. The van der Waals surface area contributed by atoms with Crippen molar-refractivity contribution in [2.24, 2.45) is 5.92 Å². The average molecular weight is 640 g/mol. The van der Waals surface area contributed by atoms with Crippen molar-refractivity contribution in [3.05, 3.63) is 108 Å². The molecule has 10 heteroatoms. The van der Waals surface area contributed by atoms with Gasteiger partial charge in [0.1, 0.15) is 0 Å². The van der Waals surface area contributed by atoms with Crippen LogP contribution in [0, 0.1) is 5.92 Å². The number of ether oxygens (including phenoxy) is 1. The normalized spacial score (nSPS) is 25.4. The van der Waals surface area contributed by atoms with E-state index in [1.54, 1.807) is 58.3 Å². The van der Waals surface area contributed by atoms with E-state index in [0.29, 0.717) is 35.5 Å². The highest BCUT2D eigenvalue weighted by atomic mass is 28.4. The fraction of sp³-hybridized carbons (Fsp3) is 0.361. The summed E-state index contributed by atoms with van der Waals surface area (Å²) in [5, 5.41) is 13.2. The fourth-order valence-corrected chi connectivity index (χ4v) is 10.3. The minimum atomic E-state index is -3.02. The summed E-state index contributed by atoms with van der Waals surface area (Å²) < 4.78 is 6.85. The Morgan fingerprint density at radius 3 is 2.46 bits per heavy atom. The molecule has 0 bridgehead atoms. The van der Waals surface area contributed by atoms with Crippen LogP contribution in [0.3, 0.4) is 0 Å². The van der Waals surface area contributed by atoms with Gasteiger partial charge in [0, 0.05) is 41.4 Å². The van der Waals surface area contributed by atoms with Crippen LogP contribution < -0.4 is 10.2 Å². The predicted octanol–water partition coefficient (Wildman–Crippen LogP) is 4.61. The van der Waals surface area contributed by atoms with Crippen molar-refractivity contribution >= 4 is 37.4 Å². The summed E-state index contributed by atoms with van der Waals surface area (Å²) in [6.45, 7) is 9.86. The lowest BCUT2D eigenvalue weighted by Gasteiger charge is -2.37. The van der Waals surface area contributed by atoms with Crippen LogP contribution in [-0.2, 0) is 32.9 Å². The van der Waals surface area contributed by atoms with Crippen molar-refractivity contribution < 1.29 is 29.0 Å². The van der Waals surface area contributed by atoms with Crippen molar-refractivity contribution in [2.45, 2.75) is 62.7 Å². The van der Waals surface area contributed by atoms with Crippen LogP contribution in [0.2, 0.25) is 18.6 Å². The smallest absolute Gasteiger partial charge is 0.264 e. The monoisotopic (exact) mass is 639 g/mol. The molecular weight excluding hydrogens is 598 g/mol. The number of hydrogen-bond acceptors (Lipinski definition) is 6. The van der Waals surface area contributed by atoms with E-state index in [9.17, 15) is 24.3 Å². The number of nitrogens with one attached hydrogen (secondary N) is 1. The molecule has 0 radical (unpaired) electrons. The minimum Gasteiger partial charge on any atom is -0.432 e. The van der Waals surface area contributed by atoms with Crippen molar-refractivity contribution in [3.63, 3.8) is 0 Å². The number of nitrogens with zero attached hydrogens (tertiary/aromatic N) is 2. The average Bonchev–Trinajstić information content (AvgIpc) is 3.46. The second-order valence-corrected chi connectivity index (χ2v) is 17.1. The number of carbonyl (C=O) groups is 3. The molecule has 240 valence electrons. The highest BCUT2D eigenvalue weighted by Gasteiger charge is 2.66. The Balaban J connectivity index is 1.36. The van der Waals surface area contributed by atoms with Gasteiger partial charge in [-0.15, -0.1) is 6.58 Å². The van der Waals surface area contributed by atoms with Gasteiger partial charge in [-0.3, -0.25) is 14.4 Å². The molecule has 9 nitrogen and oxygen atoms in total. The molecule has 46 heavy (non-hydrogen) atoms. The maximum absolute atomic E-state index is 14.5. The molecule has 6 rings (SSSR count). The van der Waals surface area contributed by atoms with Gasteiger partial charge in [-0.1, -0.05) is 55.5 Å². The summed E-state index contributed by atoms with van der Waals surface area (Å²) in [5.41, 5.74) is 2.47. The molecule has 0 unspecified atom stereocenters. The van der Waals surface area contributed by atoms with E-state index in [0.717, 1.165) is 11.1 Å². The molecule has 0 aliphatic carbocycles. The Labute approximate surface area is 270 Å². The third-order valence-electron chi connectivity index (χ3n) is 9.85. The first-order valence-corrected chi connectivity index (χ1v) is 18.8. The van der Waals surface area contributed by atoms with Crippen molar-refractivity contribution in [1.82, 2.24) is 4.90 Å². The van der Waals surface area contributed by atoms with Crippen molar-refractivity contribution in [3.8, 4) is 0 Å². The number of aliphatic hydroxyl groups excluding tert-OH is 1. The van der Waals surface area contributed by atoms with Gasteiger partial charge in [0.15, 0.2) is 13.9 Å². The van der Waals surface area contributed by atoms with Gasteiger partial charge in [0.05, 0.1) is 30.9 Å². The topological polar surface area (TPSA) is 119 Å². The van der Waals surface area contributed by atoms with Gasteiger partial charge in [0.25, 0.3) is 11.8 Å². The molecular formula is C36H41N3O6Si. The first-order valence-electron chi connectivity index (χ1n) is 15.8. The molecule has 3 amide bonds. The Kier molecular flexibility index (Phi) is 8.49. The standard InChI is InChI=1S/C36H41N3O6Si/c1-5-17-38-30-16-15-27(37-34(42)24-11-7-6-8-12-24)19-29(30)36(35(38)43)23(2)33(46(3,4)44)31(45-36)20-32(41)39-21-26-14-10-9-13-25(26)18-28(39)22-40/h5-16,19,23,28,31,33,40,44H,1,17-18,20-22H2,2-4H3,(H,37,42)/t23-,28-,31+,33-,36+/m0/s1. The number of rotatable bonds is 8. The minimum absolute atomic E-state index is 0.0408. The largest absolute Gasteiger partial charge is 0.432 e. The molecule has 3 aliphatic rings. The summed E-state index contributed by atoms with van der Waals surface area (Å²) in [4.78, 5) is 56.5. The van der Waals surface area contributed by atoms with E-state index < -0.39 is 31.5 Å². The number of carbonyl (C=O) groups excluding carboxylic acids is 3. The first kappa shape index (κ1) is 31.9. The zero-order valence-electron chi connectivity index (χ0n) is 26.5. The highest BCUT2D eigenvalue weighted by Crippen LogP contribution is 2.60. The molecule has 5 atom stereocenters. The summed E-state index contributed by atoms with van der Waals surface area (Å²) in [5.74, 6) is -1.23. The van der Waals surface area contributed by atoms with Crippen LogP contribution in [0.1, 0.15) is 40.4 Å². The molecule has 0 saturated carbocycles. The number of fused-ring (bicyclic) bond motifs is 3. The zero-order valence-corrected chi connectivity index (χ0v) is 27.5. The van der Waals surface area contributed by atoms with E-state index in [4.69, 9.17) is 4.74 Å². The lowest BCUT2D eigenvalue weighted by molar-refractivity contribution is -0.150. The van der Waals surface area contributed by atoms with Gasteiger partial charge in [-0.05, 0) is 61.0 Å². The van der Waals surface area contributed by atoms with Crippen LogP contribution in [0.5, 0.6) is 0 Å². The Hall–Kier alpha value is -4.09. The van der Waals surface area contributed by atoms with Gasteiger partial charge in [0.2, 0.25) is 5.91 Å². The SMILES string of the molecule is C=CCN1C(=O)[C@]2(O[C@H](CC(=O)N3Cc4ccccc4C[C@H]3CO)[C@@H]([Si](C)(C)O)[C@@H]2C)c2cc(NC(=O)c3ccccc3)ccc21. The summed E-state index contributed by atoms with van der Waals surface area (Å²) in [6.07, 6.45) is 1.42. The van der Waals surface area contributed by atoms with Crippen molar-refractivity contribution in [1.29, 1.82) is 0 Å². The molecule has 3 aromatic carbocycles. The number of amides is 3. The molecule has 3 N–H and O–H groups in total. The maximum atomic E-state index is 14.5. The Morgan fingerprint density at radius 2 is 1.78 bits per heavy atom. The van der Waals surface area contributed by atoms with Crippen LogP contribution in [0.15, 0.2) is 85.5 Å². The lowest BCUT2D eigenvalue weighted by Crippen LogP contribution is -2.48. The lowest BCUT2D eigenvalue weighted by atomic mass is 9.82. The number of hydrogen-bond donors (Lipinski definition) is 3. The zero-order chi connectivity index (χ0) is 32.8. The molecule has 3 aliphatic heterocycles. The predicted molar refractivity (Wildman–Crippen MR) is 179 cm³/mol. The van der Waals surface area contributed by atoms with Crippen LogP contribution >= 0.6 is 0 Å². The van der Waals surface area contributed by atoms with Gasteiger partial charge < -0.3 is 29.8 Å². The highest BCUT2D eigenvalue weighted by molar-refractivity contribution is 6.71. The Morgan fingerprint density at radius 1 is 1.09 bits per heavy atom. The Bertz CT molecular complexity index is 1670. The first-order chi connectivity index (χ1) is 22.0. The molecule has 1 saturated heterocycles. The number of aliphatic hydroxyl groups is 1. The third-order valence-corrected chi connectivity index (χ3v) is 12.4. The van der Waals surface area contributed by atoms with Gasteiger partial charge >= 0.3 is 0 Å². The second kappa shape index (κ2) is 12.3. The van der Waals surface area contributed by atoms with Crippen LogP contribution in [-0.4, -0.2) is 66.1 Å². The van der Waals surface area contributed by atoms with Gasteiger partial charge in [-0.25, -0.2) is 0 Å². The van der Waals surface area contributed by atoms with E-state index in [1.807, 2.05) is 50.3 Å². The van der Waals surface area contributed by atoms with Crippen LogP contribution in [0.4, 0.5) is 11.4 Å². The maximum Gasteiger partial charge on any atom is 0.264 e. The second-order valence-electron chi connectivity index (χ2n) is 13.2. The van der Waals surface area contributed by atoms with E-state index in [1.165, 1.54) is 0 Å². The molecule has 3 aromatic rings.